The first-order valence-corrected chi connectivity index (χ1v) is 5.36. The van der Waals surface area contributed by atoms with Crippen molar-refractivity contribution in [3.8, 4) is 0 Å². The van der Waals surface area contributed by atoms with Crippen molar-refractivity contribution in [2.75, 3.05) is 25.2 Å². The fourth-order valence-corrected chi connectivity index (χ4v) is 1.91. The first-order chi connectivity index (χ1) is 6.72. The van der Waals surface area contributed by atoms with Gasteiger partial charge in [0.25, 0.3) is 0 Å². The van der Waals surface area contributed by atoms with E-state index < -0.39 is 6.10 Å². The number of aliphatic hydroxyl groups excluding tert-OH is 1. The summed E-state index contributed by atoms with van der Waals surface area (Å²) in [6, 6.07) is 7.61. The lowest BCUT2D eigenvalue weighted by atomic mass is 10.3. The molecule has 0 spiro atoms. The van der Waals surface area contributed by atoms with Crippen molar-refractivity contribution in [3.63, 3.8) is 0 Å². The number of nitrogens with two attached hydrogens (primary N) is 1. The standard InChI is InChI=1S/C10H15NO2S/c1-13-6-9(12)7-14-10-4-2-3-8(11)5-10/h2-5,9,12H,6-7,11H2,1H3. The number of rotatable bonds is 5. The maximum atomic E-state index is 9.40. The molecule has 4 heteroatoms. The Morgan fingerprint density at radius 2 is 2.36 bits per heavy atom. The molecule has 3 N–H and O–H groups in total. The maximum absolute atomic E-state index is 9.40. The van der Waals surface area contributed by atoms with E-state index in [1.807, 2.05) is 24.3 Å². The van der Waals surface area contributed by atoms with E-state index in [-0.39, 0.29) is 0 Å². The summed E-state index contributed by atoms with van der Waals surface area (Å²) in [6.45, 7) is 0.370. The SMILES string of the molecule is COCC(O)CSc1cccc(N)c1. The molecule has 0 aromatic heterocycles. The van der Waals surface area contributed by atoms with E-state index in [0.29, 0.717) is 12.4 Å². The molecule has 0 radical (unpaired) electrons. The van der Waals surface area contributed by atoms with Gasteiger partial charge in [-0.2, -0.15) is 0 Å². The van der Waals surface area contributed by atoms with Crippen LogP contribution in [0.15, 0.2) is 29.2 Å². The van der Waals surface area contributed by atoms with E-state index in [1.165, 1.54) is 0 Å². The summed E-state index contributed by atoms with van der Waals surface area (Å²) >= 11 is 1.57. The van der Waals surface area contributed by atoms with Crippen LogP contribution in [0, 0.1) is 0 Å². The smallest absolute Gasteiger partial charge is 0.0867 e. The Balaban J connectivity index is 2.37. The Bertz CT molecular complexity index is 281. The highest BCUT2D eigenvalue weighted by atomic mass is 32.2. The zero-order valence-corrected chi connectivity index (χ0v) is 8.96. The minimum absolute atomic E-state index is 0.370. The normalized spacial score (nSPS) is 12.7. The summed E-state index contributed by atoms with van der Waals surface area (Å²) in [5.74, 6) is 0.622. The molecule has 1 rings (SSSR count). The molecule has 1 unspecified atom stereocenters. The Labute approximate surface area is 88.3 Å². The molecule has 0 aliphatic heterocycles. The van der Waals surface area contributed by atoms with Crippen LogP contribution in [0.5, 0.6) is 0 Å². The van der Waals surface area contributed by atoms with Crippen molar-refractivity contribution >= 4 is 17.4 Å². The number of aliphatic hydroxyl groups is 1. The summed E-state index contributed by atoms with van der Waals surface area (Å²) in [5.41, 5.74) is 6.37. The van der Waals surface area contributed by atoms with Crippen LogP contribution in [0.3, 0.4) is 0 Å². The largest absolute Gasteiger partial charge is 0.399 e. The second-order valence-electron chi connectivity index (χ2n) is 2.99. The zero-order valence-electron chi connectivity index (χ0n) is 8.14. The van der Waals surface area contributed by atoms with E-state index in [9.17, 15) is 5.11 Å². The summed E-state index contributed by atoms with van der Waals surface area (Å²) in [4.78, 5) is 1.07. The highest BCUT2D eigenvalue weighted by Crippen LogP contribution is 2.20. The van der Waals surface area contributed by atoms with Crippen LogP contribution in [0.25, 0.3) is 0 Å². The Hall–Kier alpha value is -0.710. The predicted molar refractivity (Wildman–Crippen MR) is 59.5 cm³/mol. The van der Waals surface area contributed by atoms with Crippen LogP contribution < -0.4 is 5.73 Å². The molecular weight excluding hydrogens is 198 g/mol. The molecule has 0 fully saturated rings. The number of hydrogen-bond acceptors (Lipinski definition) is 4. The van der Waals surface area contributed by atoms with Gasteiger partial charge in [0.2, 0.25) is 0 Å². The average molecular weight is 213 g/mol. The van der Waals surface area contributed by atoms with Gasteiger partial charge in [-0.15, -0.1) is 11.8 Å². The molecule has 78 valence electrons. The van der Waals surface area contributed by atoms with Crippen LogP contribution in [-0.4, -0.2) is 30.7 Å². The number of thioether (sulfide) groups is 1. The number of nitrogen functional groups attached to an aromatic ring is 1. The number of methoxy groups -OCH3 is 1. The Kier molecular flexibility index (Phi) is 4.79. The zero-order chi connectivity index (χ0) is 10.4. The Morgan fingerprint density at radius 3 is 3.00 bits per heavy atom. The van der Waals surface area contributed by atoms with Gasteiger partial charge in [0.1, 0.15) is 0 Å². The van der Waals surface area contributed by atoms with Crippen molar-refractivity contribution in [3.05, 3.63) is 24.3 Å². The second kappa shape index (κ2) is 5.90. The van der Waals surface area contributed by atoms with Crippen molar-refractivity contribution in [1.82, 2.24) is 0 Å². The summed E-state index contributed by atoms with van der Waals surface area (Å²) < 4.78 is 4.83. The van der Waals surface area contributed by atoms with Gasteiger partial charge in [0, 0.05) is 23.4 Å². The molecule has 0 bridgehead atoms. The monoisotopic (exact) mass is 213 g/mol. The number of ether oxygens (including phenoxy) is 1. The molecule has 0 amide bonds. The quantitative estimate of drug-likeness (QED) is 0.573. The van der Waals surface area contributed by atoms with E-state index in [4.69, 9.17) is 10.5 Å². The minimum atomic E-state index is -0.425. The van der Waals surface area contributed by atoms with E-state index in [1.54, 1.807) is 18.9 Å². The van der Waals surface area contributed by atoms with Crippen molar-refractivity contribution < 1.29 is 9.84 Å². The van der Waals surface area contributed by atoms with Gasteiger partial charge in [0.05, 0.1) is 12.7 Å². The van der Waals surface area contributed by atoms with Gasteiger partial charge in [-0.3, -0.25) is 0 Å². The van der Waals surface area contributed by atoms with E-state index in [0.717, 1.165) is 10.6 Å². The third-order valence-electron chi connectivity index (χ3n) is 1.66. The highest BCUT2D eigenvalue weighted by molar-refractivity contribution is 7.99. The maximum Gasteiger partial charge on any atom is 0.0867 e. The molecule has 14 heavy (non-hydrogen) atoms. The van der Waals surface area contributed by atoms with Gasteiger partial charge in [-0.1, -0.05) is 6.07 Å². The number of hydrogen-bond donors (Lipinski definition) is 2. The molecule has 0 aliphatic carbocycles. The summed E-state index contributed by atoms with van der Waals surface area (Å²) in [7, 11) is 1.58. The molecule has 1 atom stereocenters. The van der Waals surface area contributed by atoms with E-state index >= 15 is 0 Å². The molecule has 1 aromatic rings. The fourth-order valence-electron chi connectivity index (χ4n) is 1.04. The van der Waals surface area contributed by atoms with Crippen molar-refractivity contribution in [2.24, 2.45) is 0 Å². The summed E-state index contributed by atoms with van der Waals surface area (Å²) in [6.07, 6.45) is -0.425. The number of anilines is 1. The third-order valence-corrected chi connectivity index (χ3v) is 2.80. The van der Waals surface area contributed by atoms with Gasteiger partial charge < -0.3 is 15.6 Å². The lowest BCUT2D eigenvalue weighted by Gasteiger charge is -2.08. The third kappa shape index (κ3) is 4.00. The first-order valence-electron chi connectivity index (χ1n) is 4.37. The first kappa shape index (κ1) is 11.4. The lowest BCUT2D eigenvalue weighted by molar-refractivity contribution is 0.0794. The lowest BCUT2D eigenvalue weighted by Crippen LogP contribution is -2.16. The molecule has 1 aromatic carbocycles. The van der Waals surface area contributed by atoms with Crippen LogP contribution >= 0.6 is 11.8 Å². The van der Waals surface area contributed by atoms with Crippen LogP contribution in [0.2, 0.25) is 0 Å². The fraction of sp³-hybridized carbons (Fsp3) is 0.400. The molecule has 0 saturated carbocycles. The second-order valence-corrected chi connectivity index (χ2v) is 4.09. The minimum Gasteiger partial charge on any atom is -0.399 e. The number of benzene rings is 1. The average Bonchev–Trinajstić information content (AvgIpc) is 2.15. The molecule has 0 aliphatic rings. The predicted octanol–water partition coefficient (Wildman–Crippen LogP) is 1.37. The van der Waals surface area contributed by atoms with Crippen molar-refractivity contribution in [1.29, 1.82) is 0 Å². The van der Waals surface area contributed by atoms with Gasteiger partial charge >= 0.3 is 0 Å². The van der Waals surface area contributed by atoms with Crippen LogP contribution in [0.1, 0.15) is 0 Å². The highest BCUT2D eigenvalue weighted by Gasteiger charge is 2.04. The molecule has 0 saturated heterocycles. The van der Waals surface area contributed by atoms with Crippen molar-refractivity contribution in [2.45, 2.75) is 11.0 Å². The van der Waals surface area contributed by atoms with Gasteiger partial charge in [0.15, 0.2) is 0 Å². The summed E-state index contributed by atoms with van der Waals surface area (Å²) in [5, 5.41) is 9.40. The Morgan fingerprint density at radius 1 is 1.57 bits per heavy atom. The van der Waals surface area contributed by atoms with Crippen LogP contribution in [0.4, 0.5) is 5.69 Å². The topological polar surface area (TPSA) is 55.5 Å². The van der Waals surface area contributed by atoms with Gasteiger partial charge in [-0.25, -0.2) is 0 Å². The van der Waals surface area contributed by atoms with E-state index in [2.05, 4.69) is 0 Å². The molecular formula is C10H15NO2S. The molecule has 3 nitrogen and oxygen atoms in total. The van der Waals surface area contributed by atoms with Gasteiger partial charge in [-0.05, 0) is 18.2 Å². The molecule has 0 heterocycles. The van der Waals surface area contributed by atoms with Crippen LogP contribution in [-0.2, 0) is 4.74 Å².